The highest BCUT2D eigenvalue weighted by atomic mass is 19.1. The molecule has 1 aromatic heterocycles. The minimum atomic E-state index is -0.303. The lowest BCUT2D eigenvalue weighted by atomic mass is 9.81. The lowest BCUT2D eigenvalue weighted by Crippen LogP contribution is -2.22. The van der Waals surface area contributed by atoms with E-state index in [2.05, 4.69) is 13.8 Å². The Bertz CT molecular complexity index is 655. The second-order valence-electron chi connectivity index (χ2n) is 5.79. The van der Waals surface area contributed by atoms with Crippen LogP contribution in [0.4, 0.5) is 4.39 Å². The third-order valence-electron chi connectivity index (χ3n) is 4.06. The number of carbonyl (C=O) groups is 1. The van der Waals surface area contributed by atoms with Gasteiger partial charge in [0.15, 0.2) is 5.78 Å². The molecule has 0 saturated heterocycles. The molecule has 0 radical (unpaired) electrons. The molecule has 0 fully saturated rings. The van der Waals surface area contributed by atoms with Gasteiger partial charge in [-0.3, -0.25) is 4.79 Å². The van der Waals surface area contributed by atoms with Crippen LogP contribution in [0.25, 0.3) is 11.3 Å². The van der Waals surface area contributed by atoms with E-state index < -0.39 is 0 Å². The molecule has 1 atom stereocenters. The van der Waals surface area contributed by atoms with Gasteiger partial charge in [-0.1, -0.05) is 26.0 Å². The maximum absolute atomic E-state index is 13.3. The Morgan fingerprint density at radius 3 is 2.75 bits per heavy atom. The summed E-state index contributed by atoms with van der Waals surface area (Å²) in [5.41, 5.74) is 1.34. The molecule has 1 heterocycles. The molecule has 20 heavy (non-hydrogen) atoms. The van der Waals surface area contributed by atoms with Gasteiger partial charge in [0.05, 0.1) is 5.56 Å². The maximum atomic E-state index is 13.3. The van der Waals surface area contributed by atoms with Gasteiger partial charge in [-0.15, -0.1) is 0 Å². The fourth-order valence-electron chi connectivity index (χ4n) is 2.73. The third kappa shape index (κ3) is 2.28. The summed E-state index contributed by atoms with van der Waals surface area (Å²) in [6.07, 6.45) is 1.36. The molecular formula is C17H17FO2. The van der Waals surface area contributed by atoms with Crippen LogP contribution in [0.3, 0.4) is 0 Å². The SMILES string of the molecule is CC(C)C1CC(=O)c2cc(-c3cccc(F)c3)oc2C1. The van der Waals surface area contributed by atoms with Crippen LogP contribution in [0, 0.1) is 17.7 Å². The van der Waals surface area contributed by atoms with Crippen LogP contribution in [0.5, 0.6) is 0 Å². The number of halogens is 1. The fraction of sp³-hybridized carbons (Fsp3) is 0.353. The van der Waals surface area contributed by atoms with Crippen molar-refractivity contribution in [2.45, 2.75) is 26.7 Å². The largest absolute Gasteiger partial charge is 0.460 e. The number of Topliss-reactive ketones (excluding diaryl/α,β-unsaturated/α-hetero) is 1. The summed E-state index contributed by atoms with van der Waals surface area (Å²) < 4.78 is 19.1. The predicted molar refractivity (Wildman–Crippen MR) is 75.1 cm³/mol. The van der Waals surface area contributed by atoms with E-state index in [0.717, 1.165) is 12.2 Å². The van der Waals surface area contributed by atoms with Crippen molar-refractivity contribution in [1.29, 1.82) is 0 Å². The molecule has 0 aliphatic heterocycles. The summed E-state index contributed by atoms with van der Waals surface area (Å²) in [5, 5.41) is 0. The van der Waals surface area contributed by atoms with E-state index in [4.69, 9.17) is 4.42 Å². The van der Waals surface area contributed by atoms with E-state index in [1.165, 1.54) is 12.1 Å². The summed E-state index contributed by atoms with van der Waals surface area (Å²) in [6, 6.07) is 8.01. The number of ketones is 1. The van der Waals surface area contributed by atoms with E-state index in [-0.39, 0.29) is 11.6 Å². The van der Waals surface area contributed by atoms with Gasteiger partial charge in [0.25, 0.3) is 0 Å². The fourth-order valence-corrected chi connectivity index (χ4v) is 2.73. The van der Waals surface area contributed by atoms with Crippen molar-refractivity contribution in [2.75, 3.05) is 0 Å². The third-order valence-corrected chi connectivity index (χ3v) is 4.06. The Morgan fingerprint density at radius 1 is 1.25 bits per heavy atom. The van der Waals surface area contributed by atoms with E-state index in [9.17, 15) is 9.18 Å². The van der Waals surface area contributed by atoms with Crippen molar-refractivity contribution in [1.82, 2.24) is 0 Å². The van der Waals surface area contributed by atoms with E-state index in [0.29, 0.717) is 35.1 Å². The molecule has 3 heteroatoms. The highest BCUT2D eigenvalue weighted by Gasteiger charge is 2.30. The Kier molecular flexibility index (Phi) is 3.20. The second-order valence-corrected chi connectivity index (χ2v) is 5.79. The van der Waals surface area contributed by atoms with Crippen LogP contribution in [0.1, 0.15) is 36.4 Å². The first-order chi connectivity index (χ1) is 9.54. The van der Waals surface area contributed by atoms with Crippen molar-refractivity contribution in [3.8, 4) is 11.3 Å². The van der Waals surface area contributed by atoms with Crippen molar-refractivity contribution in [2.24, 2.45) is 11.8 Å². The summed E-state index contributed by atoms with van der Waals surface area (Å²) >= 11 is 0. The lowest BCUT2D eigenvalue weighted by molar-refractivity contribution is 0.0927. The summed E-state index contributed by atoms with van der Waals surface area (Å²) in [6.45, 7) is 4.25. The van der Waals surface area contributed by atoms with Gasteiger partial charge < -0.3 is 4.42 Å². The minimum Gasteiger partial charge on any atom is -0.460 e. The molecule has 0 N–H and O–H groups in total. The molecule has 1 unspecified atom stereocenters. The van der Waals surface area contributed by atoms with Gasteiger partial charge in [-0.2, -0.15) is 0 Å². The molecule has 0 saturated carbocycles. The van der Waals surface area contributed by atoms with Gasteiger partial charge in [0, 0.05) is 18.4 Å². The smallest absolute Gasteiger partial charge is 0.166 e. The van der Waals surface area contributed by atoms with Crippen LogP contribution < -0.4 is 0 Å². The Balaban J connectivity index is 1.99. The molecule has 0 amide bonds. The van der Waals surface area contributed by atoms with Gasteiger partial charge in [-0.05, 0) is 30.0 Å². The average molecular weight is 272 g/mol. The Morgan fingerprint density at radius 2 is 2.05 bits per heavy atom. The first kappa shape index (κ1) is 13.1. The normalized spacial score (nSPS) is 18.4. The molecule has 2 aromatic rings. The molecule has 1 aliphatic carbocycles. The van der Waals surface area contributed by atoms with Crippen LogP contribution in [-0.2, 0) is 6.42 Å². The molecule has 0 spiro atoms. The maximum Gasteiger partial charge on any atom is 0.166 e. The topological polar surface area (TPSA) is 30.2 Å². The summed E-state index contributed by atoms with van der Waals surface area (Å²) in [5.74, 6) is 1.95. The van der Waals surface area contributed by atoms with Gasteiger partial charge in [0.2, 0.25) is 0 Å². The van der Waals surface area contributed by atoms with Crippen molar-refractivity contribution in [3.63, 3.8) is 0 Å². The Labute approximate surface area is 117 Å². The predicted octanol–water partition coefficient (Wildman–Crippen LogP) is 4.49. The average Bonchev–Trinajstić information content (AvgIpc) is 2.83. The molecule has 1 aromatic carbocycles. The van der Waals surface area contributed by atoms with E-state index in [1.807, 2.05) is 0 Å². The highest BCUT2D eigenvalue weighted by Crippen LogP contribution is 2.35. The van der Waals surface area contributed by atoms with Crippen LogP contribution in [0.15, 0.2) is 34.7 Å². The zero-order valence-electron chi connectivity index (χ0n) is 11.7. The van der Waals surface area contributed by atoms with Crippen LogP contribution >= 0.6 is 0 Å². The zero-order chi connectivity index (χ0) is 14.3. The molecule has 2 nitrogen and oxygen atoms in total. The van der Waals surface area contributed by atoms with Crippen molar-refractivity contribution in [3.05, 3.63) is 47.5 Å². The van der Waals surface area contributed by atoms with Gasteiger partial charge >= 0.3 is 0 Å². The molecule has 3 rings (SSSR count). The van der Waals surface area contributed by atoms with Crippen LogP contribution in [0.2, 0.25) is 0 Å². The second kappa shape index (κ2) is 4.89. The monoisotopic (exact) mass is 272 g/mol. The molecule has 104 valence electrons. The number of carbonyl (C=O) groups excluding carboxylic acids is 1. The zero-order valence-corrected chi connectivity index (χ0v) is 11.7. The summed E-state index contributed by atoms with van der Waals surface area (Å²) in [7, 11) is 0. The Hall–Kier alpha value is -1.90. The van der Waals surface area contributed by atoms with Gasteiger partial charge in [-0.25, -0.2) is 4.39 Å². The highest BCUT2D eigenvalue weighted by molar-refractivity contribution is 5.99. The minimum absolute atomic E-state index is 0.136. The van der Waals surface area contributed by atoms with E-state index >= 15 is 0 Å². The lowest BCUT2D eigenvalue weighted by Gasteiger charge is -2.23. The molecule has 1 aliphatic rings. The molecule has 0 bridgehead atoms. The number of fused-ring (bicyclic) bond motifs is 1. The number of rotatable bonds is 2. The standard InChI is InChI=1S/C17H17FO2/c1-10(2)12-7-15(19)14-9-16(20-17(14)8-12)11-4-3-5-13(18)6-11/h3-6,9-10,12H,7-8H2,1-2H3. The number of benzene rings is 1. The number of hydrogen-bond donors (Lipinski definition) is 0. The first-order valence-corrected chi connectivity index (χ1v) is 6.96. The first-order valence-electron chi connectivity index (χ1n) is 6.96. The summed E-state index contributed by atoms with van der Waals surface area (Å²) in [4.78, 5) is 12.2. The number of hydrogen-bond acceptors (Lipinski definition) is 2. The van der Waals surface area contributed by atoms with Gasteiger partial charge in [0.1, 0.15) is 17.3 Å². The van der Waals surface area contributed by atoms with Crippen LogP contribution in [-0.4, -0.2) is 5.78 Å². The molecular weight excluding hydrogens is 255 g/mol. The van der Waals surface area contributed by atoms with Crippen molar-refractivity contribution < 1.29 is 13.6 Å². The van der Waals surface area contributed by atoms with E-state index in [1.54, 1.807) is 18.2 Å². The number of furan rings is 1. The van der Waals surface area contributed by atoms with Crippen molar-refractivity contribution >= 4 is 5.78 Å². The quantitative estimate of drug-likeness (QED) is 0.806.